The van der Waals surface area contributed by atoms with Crippen LogP contribution < -0.4 is 14.9 Å². The number of rotatable bonds is 5. The van der Waals surface area contributed by atoms with E-state index in [9.17, 15) is 4.79 Å². The van der Waals surface area contributed by atoms with Crippen molar-refractivity contribution in [2.24, 2.45) is 5.10 Å². The number of hydrogen-bond acceptors (Lipinski definition) is 4. The average molecular weight is 348 g/mol. The van der Waals surface area contributed by atoms with Crippen molar-refractivity contribution in [1.82, 2.24) is 5.43 Å². The molecule has 0 aromatic heterocycles. The molecular weight excluding hydrogens is 328 g/mol. The highest BCUT2D eigenvalue weighted by atomic mass is 16.5. The zero-order chi connectivity index (χ0) is 18.5. The van der Waals surface area contributed by atoms with E-state index in [1.54, 1.807) is 26.4 Å². The zero-order valence-corrected chi connectivity index (χ0v) is 14.9. The summed E-state index contributed by atoms with van der Waals surface area (Å²) in [4.78, 5) is 12.4. The van der Waals surface area contributed by atoms with Gasteiger partial charge in [-0.2, -0.15) is 5.10 Å². The number of fused-ring (bicyclic) bond motifs is 1. The second-order valence-corrected chi connectivity index (χ2v) is 5.77. The van der Waals surface area contributed by atoms with Gasteiger partial charge in [0.25, 0.3) is 5.91 Å². The number of hydrazone groups is 1. The molecule has 0 bridgehead atoms. The lowest BCUT2D eigenvalue weighted by molar-refractivity contribution is 0.0955. The topological polar surface area (TPSA) is 59.9 Å². The molecule has 3 aromatic carbocycles. The molecule has 5 nitrogen and oxygen atoms in total. The summed E-state index contributed by atoms with van der Waals surface area (Å²) in [5, 5.41) is 6.31. The Morgan fingerprint density at radius 1 is 0.923 bits per heavy atom. The van der Waals surface area contributed by atoms with E-state index >= 15 is 0 Å². The fourth-order valence-corrected chi connectivity index (χ4v) is 2.69. The summed E-state index contributed by atoms with van der Waals surface area (Å²) >= 11 is 0. The fourth-order valence-electron chi connectivity index (χ4n) is 2.69. The zero-order valence-electron chi connectivity index (χ0n) is 14.9. The Labute approximate surface area is 152 Å². The van der Waals surface area contributed by atoms with Gasteiger partial charge in [0.1, 0.15) is 11.5 Å². The van der Waals surface area contributed by atoms with Gasteiger partial charge in [0, 0.05) is 17.2 Å². The third-order valence-corrected chi connectivity index (χ3v) is 4.14. The van der Waals surface area contributed by atoms with E-state index in [2.05, 4.69) is 10.5 Å². The predicted molar refractivity (Wildman–Crippen MR) is 103 cm³/mol. The van der Waals surface area contributed by atoms with E-state index in [-0.39, 0.29) is 5.91 Å². The summed E-state index contributed by atoms with van der Waals surface area (Å²) in [7, 11) is 3.18. The number of benzene rings is 3. The summed E-state index contributed by atoms with van der Waals surface area (Å²) in [6, 6.07) is 18.9. The minimum atomic E-state index is -0.261. The van der Waals surface area contributed by atoms with Crippen LogP contribution in [0.4, 0.5) is 0 Å². The number of carbonyl (C=O) groups excluding carboxylic acids is 1. The Hall–Kier alpha value is -3.34. The molecule has 0 spiro atoms. The standard InChI is InChI=1S/C21H20N2O3/c1-14(19-11-10-18(25-2)13-20(19)26-3)22-23-21(24)17-9-8-15-6-4-5-7-16(15)12-17/h4-13H,1-3H3,(H,23,24)/b22-14-. The predicted octanol–water partition coefficient (Wildman–Crippen LogP) is 4.01. The molecule has 0 atom stereocenters. The van der Waals surface area contributed by atoms with E-state index in [4.69, 9.17) is 9.47 Å². The second kappa shape index (κ2) is 7.70. The number of carbonyl (C=O) groups is 1. The maximum Gasteiger partial charge on any atom is 0.271 e. The van der Waals surface area contributed by atoms with Gasteiger partial charge in [0.15, 0.2) is 0 Å². The van der Waals surface area contributed by atoms with Crippen molar-refractivity contribution in [2.45, 2.75) is 6.92 Å². The van der Waals surface area contributed by atoms with Crippen LogP contribution in [-0.2, 0) is 0 Å². The maximum atomic E-state index is 12.4. The molecule has 0 heterocycles. The first-order valence-corrected chi connectivity index (χ1v) is 8.18. The molecule has 0 aliphatic rings. The summed E-state index contributed by atoms with van der Waals surface area (Å²) in [5.74, 6) is 1.06. The van der Waals surface area contributed by atoms with Crippen LogP contribution in [0.25, 0.3) is 10.8 Å². The highest BCUT2D eigenvalue weighted by molar-refractivity contribution is 6.03. The minimum absolute atomic E-state index is 0.261. The first-order chi connectivity index (χ1) is 12.6. The maximum absolute atomic E-state index is 12.4. The SMILES string of the molecule is COc1ccc(/C(C)=N\NC(=O)c2ccc3ccccc3c2)c(OC)c1. The van der Waals surface area contributed by atoms with Crippen LogP contribution in [0.5, 0.6) is 11.5 Å². The van der Waals surface area contributed by atoms with Crippen molar-refractivity contribution in [3.8, 4) is 11.5 Å². The first kappa shape index (κ1) is 17.5. The van der Waals surface area contributed by atoms with Crippen molar-refractivity contribution < 1.29 is 14.3 Å². The summed E-state index contributed by atoms with van der Waals surface area (Å²) in [5.41, 5.74) is 4.58. The van der Waals surface area contributed by atoms with Gasteiger partial charge < -0.3 is 9.47 Å². The Balaban J connectivity index is 1.80. The lowest BCUT2D eigenvalue weighted by atomic mass is 10.1. The molecule has 1 N–H and O–H groups in total. The van der Waals surface area contributed by atoms with E-state index in [1.165, 1.54) is 0 Å². The minimum Gasteiger partial charge on any atom is -0.497 e. The molecule has 26 heavy (non-hydrogen) atoms. The van der Waals surface area contributed by atoms with E-state index in [1.807, 2.05) is 55.5 Å². The van der Waals surface area contributed by atoms with Crippen molar-refractivity contribution in [3.05, 3.63) is 71.8 Å². The van der Waals surface area contributed by atoms with Gasteiger partial charge in [0.05, 0.1) is 19.9 Å². The Morgan fingerprint density at radius 2 is 1.69 bits per heavy atom. The average Bonchev–Trinajstić information content (AvgIpc) is 2.70. The molecule has 0 radical (unpaired) electrons. The largest absolute Gasteiger partial charge is 0.497 e. The second-order valence-electron chi connectivity index (χ2n) is 5.77. The Kier molecular flexibility index (Phi) is 5.17. The van der Waals surface area contributed by atoms with E-state index in [0.717, 1.165) is 16.3 Å². The lowest BCUT2D eigenvalue weighted by Gasteiger charge is -2.10. The van der Waals surface area contributed by atoms with Crippen molar-refractivity contribution in [2.75, 3.05) is 14.2 Å². The molecule has 0 unspecified atom stereocenters. The number of amides is 1. The molecule has 5 heteroatoms. The molecule has 3 rings (SSSR count). The number of nitrogens with one attached hydrogen (secondary N) is 1. The van der Waals surface area contributed by atoms with Crippen LogP contribution in [0.2, 0.25) is 0 Å². The summed E-state index contributed by atoms with van der Waals surface area (Å²) in [6.07, 6.45) is 0. The van der Waals surface area contributed by atoms with Crippen LogP contribution in [0, 0.1) is 0 Å². The monoisotopic (exact) mass is 348 g/mol. The first-order valence-electron chi connectivity index (χ1n) is 8.18. The quantitative estimate of drug-likeness (QED) is 0.560. The fraction of sp³-hybridized carbons (Fsp3) is 0.143. The third-order valence-electron chi connectivity index (χ3n) is 4.14. The van der Waals surface area contributed by atoms with Crippen LogP contribution in [-0.4, -0.2) is 25.8 Å². The smallest absolute Gasteiger partial charge is 0.271 e. The van der Waals surface area contributed by atoms with Gasteiger partial charge in [-0.25, -0.2) is 5.43 Å². The molecule has 0 saturated heterocycles. The molecule has 0 aliphatic heterocycles. The number of hydrogen-bond donors (Lipinski definition) is 1. The Morgan fingerprint density at radius 3 is 2.42 bits per heavy atom. The normalized spacial score (nSPS) is 11.3. The van der Waals surface area contributed by atoms with Crippen LogP contribution in [0.3, 0.4) is 0 Å². The molecule has 3 aromatic rings. The highest BCUT2D eigenvalue weighted by Gasteiger charge is 2.10. The molecule has 1 amide bonds. The number of nitrogens with zero attached hydrogens (tertiary/aromatic N) is 1. The van der Waals surface area contributed by atoms with Crippen LogP contribution in [0.1, 0.15) is 22.8 Å². The molecule has 0 fully saturated rings. The summed E-state index contributed by atoms with van der Waals surface area (Å²) in [6.45, 7) is 1.81. The molecule has 0 saturated carbocycles. The number of methoxy groups -OCH3 is 2. The van der Waals surface area contributed by atoms with Crippen LogP contribution in [0.15, 0.2) is 65.8 Å². The van der Waals surface area contributed by atoms with Gasteiger partial charge in [-0.15, -0.1) is 0 Å². The molecular formula is C21H20N2O3. The van der Waals surface area contributed by atoms with Crippen molar-refractivity contribution in [1.29, 1.82) is 0 Å². The van der Waals surface area contributed by atoms with Gasteiger partial charge in [-0.1, -0.05) is 30.3 Å². The number of ether oxygens (including phenoxy) is 2. The van der Waals surface area contributed by atoms with E-state index < -0.39 is 0 Å². The van der Waals surface area contributed by atoms with Gasteiger partial charge in [-0.3, -0.25) is 4.79 Å². The van der Waals surface area contributed by atoms with Crippen molar-refractivity contribution >= 4 is 22.4 Å². The van der Waals surface area contributed by atoms with Gasteiger partial charge in [0.2, 0.25) is 0 Å². The van der Waals surface area contributed by atoms with Crippen molar-refractivity contribution in [3.63, 3.8) is 0 Å². The van der Waals surface area contributed by atoms with Gasteiger partial charge >= 0.3 is 0 Å². The lowest BCUT2D eigenvalue weighted by Crippen LogP contribution is -2.19. The van der Waals surface area contributed by atoms with Crippen LogP contribution >= 0.6 is 0 Å². The molecule has 132 valence electrons. The van der Waals surface area contributed by atoms with E-state index in [0.29, 0.717) is 22.8 Å². The third kappa shape index (κ3) is 3.67. The highest BCUT2D eigenvalue weighted by Crippen LogP contribution is 2.25. The van der Waals surface area contributed by atoms with Gasteiger partial charge in [-0.05, 0) is 42.0 Å². The molecule has 0 aliphatic carbocycles. The summed E-state index contributed by atoms with van der Waals surface area (Å²) < 4.78 is 10.6. The Bertz CT molecular complexity index is 980.